The lowest BCUT2D eigenvalue weighted by Gasteiger charge is -2.19. The lowest BCUT2D eigenvalue weighted by Crippen LogP contribution is -2.10. The number of rotatable bonds is 2. The Labute approximate surface area is 101 Å². The molecule has 1 N–H and O–H groups in total. The van der Waals surface area contributed by atoms with Gasteiger partial charge in [-0.25, -0.2) is 0 Å². The first-order valence-electron chi connectivity index (χ1n) is 6.03. The van der Waals surface area contributed by atoms with E-state index in [-0.39, 0.29) is 0 Å². The highest BCUT2D eigenvalue weighted by atomic mass is 16.5. The molecule has 0 saturated heterocycles. The van der Waals surface area contributed by atoms with E-state index in [1.807, 2.05) is 12.4 Å². The third kappa shape index (κ3) is 1.98. The van der Waals surface area contributed by atoms with Gasteiger partial charge in [0.15, 0.2) is 0 Å². The largest absolute Gasteiger partial charge is 0.376 e. The first-order valence-corrected chi connectivity index (χ1v) is 6.03. The van der Waals surface area contributed by atoms with Crippen molar-refractivity contribution < 1.29 is 4.74 Å². The molecule has 1 unspecified atom stereocenters. The highest BCUT2D eigenvalue weighted by molar-refractivity contribution is 5.37. The monoisotopic (exact) mass is 228 g/mol. The van der Waals surface area contributed by atoms with Crippen molar-refractivity contribution in [1.82, 2.24) is 10.2 Å². The summed E-state index contributed by atoms with van der Waals surface area (Å²) in [6.07, 6.45) is 4.89. The molecule has 0 bridgehead atoms. The average Bonchev–Trinajstić information content (AvgIpc) is 2.91. The second-order valence-corrected chi connectivity index (χ2v) is 4.58. The number of aromatic nitrogens is 2. The first-order chi connectivity index (χ1) is 8.34. The minimum Gasteiger partial charge on any atom is -0.376 e. The van der Waals surface area contributed by atoms with E-state index < -0.39 is 0 Å². The Kier molecular flexibility index (Phi) is 2.69. The Balaban J connectivity index is 1.93. The predicted molar refractivity (Wildman–Crippen MR) is 65.9 cm³/mol. The van der Waals surface area contributed by atoms with Crippen molar-refractivity contribution in [2.75, 3.05) is 6.61 Å². The molecule has 0 spiro atoms. The highest BCUT2D eigenvalue weighted by Crippen LogP contribution is 2.27. The Morgan fingerprint density at radius 2 is 2.24 bits per heavy atom. The number of H-pyrrole nitrogens is 1. The van der Waals surface area contributed by atoms with Crippen LogP contribution in [0.5, 0.6) is 0 Å². The van der Waals surface area contributed by atoms with Gasteiger partial charge in [0.25, 0.3) is 0 Å². The normalized spacial score (nSPS) is 16.5. The molecular weight excluding hydrogens is 212 g/mol. The molecule has 1 atom stereocenters. The summed E-state index contributed by atoms with van der Waals surface area (Å²) in [5, 5.41) is 6.88. The fraction of sp³-hybridized carbons (Fsp3) is 0.357. The molecule has 1 aliphatic rings. The fourth-order valence-corrected chi connectivity index (χ4v) is 2.34. The third-order valence-electron chi connectivity index (χ3n) is 3.52. The van der Waals surface area contributed by atoms with Crippen molar-refractivity contribution in [2.24, 2.45) is 0 Å². The second kappa shape index (κ2) is 4.34. The number of hydrogen-bond acceptors (Lipinski definition) is 2. The molecule has 2 heterocycles. The summed E-state index contributed by atoms with van der Waals surface area (Å²) < 4.78 is 5.45. The number of fused-ring (bicyclic) bond motifs is 1. The number of nitrogens with one attached hydrogen (secondary N) is 1. The number of aromatic amines is 1. The molecule has 0 fully saturated rings. The summed E-state index contributed by atoms with van der Waals surface area (Å²) in [4.78, 5) is 0. The van der Waals surface area contributed by atoms with Gasteiger partial charge in [0.05, 0.1) is 19.4 Å². The van der Waals surface area contributed by atoms with Crippen LogP contribution in [-0.2, 0) is 17.8 Å². The lowest BCUT2D eigenvalue weighted by molar-refractivity contribution is 0.110. The smallest absolute Gasteiger partial charge is 0.0719 e. The standard InChI is InChI=1S/C14H16N2O/c1-10(14-7-15-16-8-14)11-2-3-13-9-17-5-4-12(13)6-11/h2-3,6-8,10H,4-5,9H2,1H3,(H,15,16). The van der Waals surface area contributed by atoms with Crippen molar-refractivity contribution in [3.05, 3.63) is 52.8 Å². The first kappa shape index (κ1) is 10.5. The molecule has 1 aromatic carbocycles. The maximum atomic E-state index is 5.45. The van der Waals surface area contributed by atoms with Crippen LogP contribution in [0, 0.1) is 0 Å². The molecule has 1 aromatic heterocycles. The van der Waals surface area contributed by atoms with Gasteiger partial charge in [0.1, 0.15) is 0 Å². The van der Waals surface area contributed by atoms with Crippen LogP contribution in [0.15, 0.2) is 30.6 Å². The summed E-state index contributed by atoms with van der Waals surface area (Å²) in [5.41, 5.74) is 5.35. The minimum absolute atomic E-state index is 0.391. The van der Waals surface area contributed by atoms with Crippen LogP contribution in [0.1, 0.15) is 35.1 Å². The van der Waals surface area contributed by atoms with E-state index in [1.165, 1.54) is 22.3 Å². The van der Waals surface area contributed by atoms with Crippen LogP contribution in [0.25, 0.3) is 0 Å². The molecule has 0 amide bonds. The zero-order valence-electron chi connectivity index (χ0n) is 9.94. The lowest BCUT2D eigenvalue weighted by atomic mass is 9.91. The van der Waals surface area contributed by atoms with Gasteiger partial charge in [-0.3, -0.25) is 5.10 Å². The van der Waals surface area contributed by atoms with Crippen molar-refractivity contribution in [3.8, 4) is 0 Å². The molecule has 17 heavy (non-hydrogen) atoms. The summed E-state index contributed by atoms with van der Waals surface area (Å²) >= 11 is 0. The third-order valence-corrected chi connectivity index (χ3v) is 3.52. The SMILES string of the molecule is CC(c1cn[nH]c1)c1ccc2c(c1)CCOC2. The van der Waals surface area contributed by atoms with E-state index in [2.05, 4.69) is 35.3 Å². The van der Waals surface area contributed by atoms with E-state index >= 15 is 0 Å². The maximum Gasteiger partial charge on any atom is 0.0719 e. The number of benzene rings is 1. The van der Waals surface area contributed by atoms with Gasteiger partial charge in [0, 0.05) is 12.1 Å². The Morgan fingerprint density at radius 3 is 3.06 bits per heavy atom. The molecule has 2 aromatic rings. The fourth-order valence-electron chi connectivity index (χ4n) is 2.34. The van der Waals surface area contributed by atoms with Crippen molar-refractivity contribution in [3.63, 3.8) is 0 Å². The topological polar surface area (TPSA) is 37.9 Å². The Morgan fingerprint density at radius 1 is 1.29 bits per heavy atom. The predicted octanol–water partition coefficient (Wildman–Crippen LogP) is 2.63. The quantitative estimate of drug-likeness (QED) is 0.858. The van der Waals surface area contributed by atoms with Gasteiger partial charge in [-0.1, -0.05) is 25.1 Å². The zero-order valence-corrected chi connectivity index (χ0v) is 9.94. The van der Waals surface area contributed by atoms with Gasteiger partial charge >= 0.3 is 0 Å². The summed E-state index contributed by atoms with van der Waals surface area (Å²) in [7, 11) is 0. The summed E-state index contributed by atoms with van der Waals surface area (Å²) in [5.74, 6) is 0.391. The summed E-state index contributed by atoms with van der Waals surface area (Å²) in [6.45, 7) is 3.82. The van der Waals surface area contributed by atoms with E-state index in [0.29, 0.717) is 5.92 Å². The molecular formula is C14H16N2O. The Bertz CT molecular complexity index is 505. The molecule has 3 nitrogen and oxygen atoms in total. The van der Waals surface area contributed by atoms with Crippen molar-refractivity contribution in [1.29, 1.82) is 0 Å². The van der Waals surface area contributed by atoms with E-state index in [0.717, 1.165) is 19.6 Å². The molecule has 0 saturated carbocycles. The highest BCUT2D eigenvalue weighted by Gasteiger charge is 2.14. The van der Waals surface area contributed by atoms with E-state index in [4.69, 9.17) is 4.74 Å². The van der Waals surface area contributed by atoms with Crippen LogP contribution in [0.4, 0.5) is 0 Å². The van der Waals surface area contributed by atoms with Crippen LogP contribution in [0.2, 0.25) is 0 Å². The summed E-state index contributed by atoms with van der Waals surface area (Å²) in [6, 6.07) is 6.71. The van der Waals surface area contributed by atoms with Crippen LogP contribution >= 0.6 is 0 Å². The molecule has 88 valence electrons. The molecule has 0 radical (unpaired) electrons. The van der Waals surface area contributed by atoms with Crippen LogP contribution in [-0.4, -0.2) is 16.8 Å². The van der Waals surface area contributed by atoms with Gasteiger partial charge in [0.2, 0.25) is 0 Å². The van der Waals surface area contributed by atoms with Crippen molar-refractivity contribution in [2.45, 2.75) is 25.9 Å². The average molecular weight is 228 g/mol. The van der Waals surface area contributed by atoms with E-state index in [1.54, 1.807) is 0 Å². The maximum absolute atomic E-state index is 5.45. The zero-order chi connectivity index (χ0) is 11.7. The molecule has 0 aliphatic carbocycles. The van der Waals surface area contributed by atoms with Gasteiger partial charge in [-0.15, -0.1) is 0 Å². The minimum atomic E-state index is 0.391. The van der Waals surface area contributed by atoms with Crippen LogP contribution < -0.4 is 0 Å². The molecule has 1 aliphatic heterocycles. The van der Waals surface area contributed by atoms with Gasteiger partial charge in [-0.05, 0) is 28.7 Å². The van der Waals surface area contributed by atoms with Crippen molar-refractivity contribution >= 4 is 0 Å². The Hall–Kier alpha value is -1.61. The van der Waals surface area contributed by atoms with Crippen LogP contribution in [0.3, 0.4) is 0 Å². The van der Waals surface area contributed by atoms with Gasteiger partial charge in [-0.2, -0.15) is 5.10 Å². The molecule has 3 rings (SSSR count). The van der Waals surface area contributed by atoms with Gasteiger partial charge < -0.3 is 4.74 Å². The van der Waals surface area contributed by atoms with E-state index in [9.17, 15) is 0 Å². The number of hydrogen-bond donors (Lipinski definition) is 1. The second-order valence-electron chi connectivity index (χ2n) is 4.58. The number of ether oxygens (including phenoxy) is 1. The number of nitrogens with zero attached hydrogens (tertiary/aromatic N) is 1. The molecule has 3 heteroatoms.